The highest BCUT2D eigenvalue weighted by molar-refractivity contribution is 4.97. The Morgan fingerprint density at radius 2 is 2.36 bits per heavy atom. The summed E-state index contributed by atoms with van der Waals surface area (Å²) in [5, 5.41) is 7.51. The molecule has 4 heteroatoms. The summed E-state index contributed by atoms with van der Waals surface area (Å²) in [6.45, 7) is 3.39. The minimum Gasteiger partial charge on any atom is -0.312 e. The molecular formula is C10H15N3O. The number of hydrogen-bond acceptors (Lipinski definition) is 3. The number of hydrogen-bond donors (Lipinski definition) is 1. The van der Waals surface area contributed by atoms with Gasteiger partial charge in [0, 0.05) is 18.7 Å². The molecule has 1 aliphatic carbocycles. The first-order valence-electron chi connectivity index (χ1n) is 5.04. The van der Waals surface area contributed by atoms with E-state index in [2.05, 4.69) is 10.4 Å². The highest BCUT2D eigenvalue weighted by Gasteiger charge is 2.19. The van der Waals surface area contributed by atoms with Crippen molar-refractivity contribution < 1.29 is 0 Å². The van der Waals surface area contributed by atoms with Crippen molar-refractivity contribution in [2.24, 2.45) is 0 Å². The molecule has 0 aromatic carbocycles. The van der Waals surface area contributed by atoms with Crippen LogP contribution in [0.4, 0.5) is 0 Å². The van der Waals surface area contributed by atoms with Crippen molar-refractivity contribution in [3.8, 4) is 0 Å². The van der Waals surface area contributed by atoms with E-state index in [-0.39, 0.29) is 5.56 Å². The van der Waals surface area contributed by atoms with E-state index >= 15 is 0 Å². The van der Waals surface area contributed by atoms with Crippen molar-refractivity contribution in [3.63, 3.8) is 0 Å². The lowest BCUT2D eigenvalue weighted by molar-refractivity contribution is 0.526. The molecule has 0 unspecified atom stereocenters. The average molecular weight is 193 g/mol. The van der Waals surface area contributed by atoms with E-state index in [0.29, 0.717) is 12.6 Å². The first-order chi connectivity index (χ1) is 6.75. The summed E-state index contributed by atoms with van der Waals surface area (Å²) in [5.41, 5.74) is 0.865. The minimum absolute atomic E-state index is 0.0202. The fraction of sp³-hybridized carbons (Fsp3) is 0.600. The van der Waals surface area contributed by atoms with Gasteiger partial charge in [0.05, 0.1) is 12.2 Å². The Hall–Kier alpha value is -1.16. The van der Waals surface area contributed by atoms with Crippen LogP contribution in [0.2, 0.25) is 0 Å². The Labute approximate surface area is 82.9 Å². The van der Waals surface area contributed by atoms with Gasteiger partial charge in [-0.1, -0.05) is 0 Å². The zero-order chi connectivity index (χ0) is 9.97. The molecule has 14 heavy (non-hydrogen) atoms. The molecule has 1 aromatic rings. The van der Waals surface area contributed by atoms with Gasteiger partial charge in [0.2, 0.25) is 0 Å². The average Bonchev–Trinajstić information content (AvgIpc) is 2.95. The van der Waals surface area contributed by atoms with Crippen LogP contribution < -0.4 is 10.9 Å². The quantitative estimate of drug-likeness (QED) is 0.748. The summed E-state index contributed by atoms with van der Waals surface area (Å²) in [7, 11) is 0. The predicted molar refractivity (Wildman–Crippen MR) is 54.3 cm³/mol. The molecule has 0 amide bonds. The van der Waals surface area contributed by atoms with Gasteiger partial charge in [-0.3, -0.25) is 4.79 Å². The van der Waals surface area contributed by atoms with Crippen LogP contribution in [-0.4, -0.2) is 22.4 Å². The summed E-state index contributed by atoms with van der Waals surface area (Å²) in [6, 6.07) is 4.00. The number of rotatable bonds is 4. The molecule has 0 spiro atoms. The molecule has 1 N–H and O–H groups in total. The standard InChI is InChI=1S/C10H15N3O/c1-8-2-5-10(14)13(12-8)7-6-11-9-3-4-9/h2,5,9,11H,3-4,6-7H2,1H3. The first-order valence-corrected chi connectivity index (χ1v) is 5.04. The Morgan fingerprint density at radius 3 is 3.07 bits per heavy atom. The highest BCUT2D eigenvalue weighted by atomic mass is 16.1. The second-order valence-corrected chi connectivity index (χ2v) is 3.76. The van der Waals surface area contributed by atoms with Gasteiger partial charge in [0.15, 0.2) is 0 Å². The molecular weight excluding hydrogens is 178 g/mol. The van der Waals surface area contributed by atoms with Crippen LogP contribution in [-0.2, 0) is 6.54 Å². The maximum absolute atomic E-state index is 11.3. The second kappa shape index (κ2) is 3.92. The van der Waals surface area contributed by atoms with Crippen LogP contribution in [0.5, 0.6) is 0 Å². The van der Waals surface area contributed by atoms with Crippen molar-refractivity contribution in [3.05, 3.63) is 28.2 Å². The summed E-state index contributed by atoms with van der Waals surface area (Å²) >= 11 is 0. The van der Waals surface area contributed by atoms with Gasteiger partial charge < -0.3 is 5.32 Å². The van der Waals surface area contributed by atoms with E-state index in [1.54, 1.807) is 12.1 Å². The van der Waals surface area contributed by atoms with Crippen molar-refractivity contribution in [2.45, 2.75) is 32.4 Å². The van der Waals surface area contributed by atoms with E-state index in [0.717, 1.165) is 12.2 Å². The minimum atomic E-state index is -0.0202. The molecule has 2 rings (SSSR count). The first kappa shape index (κ1) is 9.40. The third-order valence-electron chi connectivity index (χ3n) is 2.33. The van der Waals surface area contributed by atoms with Crippen LogP contribution in [0.1, 0.15) is 18.5 Å². The Kier molecular flexibility index (Phi) is 2.63. The van der Waals surface area contributed by atoms with Crippen molar-refractivity contribution >= 4 is 0 Å². The summed E-state index contributed by atoms with van der Waals surface area (Å²) in [6.07, 6.45) is 2.55. The molecule has 0 aliphatic heterocycles. The smallest absolute Gasteiger partial charge is 0.266 e. The summed E-state index contributed by atoms with van der Waals surface area (Å²) in [4.78, 5) is 11.3. The van der Waals surface area contributed by atoms with Gasteiger partial charge >= 0.3 is 0 Å². The topological polar surface area (TPSA) is 46.9 Å². The molecule has 1 fully saturated rings. The fourth-order valence-corrected chi connectivity index (χ4v) is 1.37. The van der Waals surface area contributed by atoms with E-state index in [4.69, 9.17) is 0 Å². The predicted octanol–water partition coefficient (Wildman–Crippen LogP) is 0.304. The van der Waals surface area contributed by atoms with Gasteiger partial charge in [-0.15, -0.1) is 0 Å². The van der Waals surface area contributed by atoms with Crippen LogP contribution >= 0.6 is 0 Å². The molecule has 1 aromatic heterocycles. The lowest BCUT2D eigenvalue weighted by atomic mass is 10.4. The maximum atomic E-state index is 11.3. The van der Waals surface area contributed by atoms with E-state index in [1.165, 1.54) is 17.5 Å². The van der Waals surface area contributed by atoms with Gasteiger partial charge in [-0.05, 0) is 25.8 Å². The van der Waals surface area contributed by atoms with Crippen LogP contribution in [0.25, 0.3) is 0 Å². The zero-order valence-corrected chi connectivity index (χ0v) is 8.36. The molecule has 4 nitrogen and oxygen atoms in total. The monoisotopic (exact) mass is 193 g/mol. The maximum Gasteiger partial charge on any atom is 0.266 e. The van der Waals surface area contributed by atoms with E-state index < -0.39 is 0 Å². The largest absolute Gasteiger partial charge is 0.312 e. The van der Waals surface area contributed by atoms with Gasteiger partial charge in [-0.2, -0.15) is 5.10 Å². The molecule has 0 atom stereocenters. The number of nitrogens with one attached hydrogen (secondary N) is 1. The molecule has 1 heterocycles. The fourth-order valence-electron chi connectivity index (χ4n) is 1.37. The molecule has 1 aliphatic rings. The lowest BCUT2D eigenvalue weighted by Crippen LogP contribution is -2.29. The highest BCUT2D eigenvalue weighted by Crippen LogP contribution is 2.17. The molecule has 0 bridgehead atoms. The number of aryl methyl sites for hydroxylation is 1. The zero-order valence-electron chi connectivity index (χ0n) is 8.36. The van der Waals surface area contributed by atoms with Crippen molar-refractivity contribution in [2.75, 3.05) is 6.54 Å². The molecule has 1 saturated carbocycles. The van der Waals surface area contributed by atoms with E-state index in [1.807, 2.05) is 6.92 Å². The molecule has 76 valence electrons. The van der Waals surface area contributed by atoms with Crippen LogP contribution in [0.15, 0.2) is 16.9 Å². The van der Waals surface area contributed by atoms with E-state index in [9.17, 15) is 4.79 Å². The van der Waals surface area contributed by atoms with Crippen LogP contribution in [0, 0.1) is 6.92 Å². The van der Waals surface area contributed by atoms with Crippen molar-refractivity contribution in [1.29, 1.82) is 0 Å². The second-order valence-electron chi connectivity index (χ2n) is 3.76. The van der Waals surface area contributed by atoms with Crippen molar-refractivity contribution in [1.82, 2.24) is 15.1 Å². The third kappa shape index (κ3) is 2.42. The summed E-state index contributed by atoms with van der Waals surface area (Å²) in [5.74, 6) is 0. The number of aromatic nitrogens is 2. The summed E-state index contributed by atoms with van der Waals surface area (Å²) < 4.78 is 1.52. The van der Waals surface area contributed by atoms with Gasteiger partial charge in [0.25, 0.3) is 5.56 Å². The van der Waals surface area contributed by atoms with Crippen LogP contribution in [0.3, 0.4) is 0 Å². The Bertz CT molecular complexity index is 368. The molecule has 0 radical (unpaired) electrons. The SMILES string of the molecule is Cc1ccc(=O)n(CCNC2CC2)n1. The lowest BCUT2D eigenvalue weighted by Gasteiger charge is -2.05. The normalized spacial score (nSPS) is 15.8. The Morgan fingerprint density at radius 1 is 1.57 bits per heavy atom. The third-order valence-corrected chi connectivity index (χ3v) is 2.33. The number of nitrogens with zero attached hydrogens (tertiary/aromatic N) is 2. The Balaban J connectivity index is 1.93. The van der Waals surface area contributed by atoms with Gasteiger partial charge in [0.1, 0.15) is 0 Å². The van der Waals surface area contributed by atoms with Gasteiger partial charge in [-0.25, -0.2) is 4.68 Å². The molecule has 0 saturated heterocycles.